The second kappa shape index (κ2) is 6.83. The van der Waals surface area contributed by atoms with Crippen molar-refractivity contribution in [3.05, 3.63) is 30.1 Å². The van der Waals surface area contributed by atoms with Crippen LogP contribution in [0.3, 0.4) is 0 Å². The van der Waals surface area contributed by atoms with Gasteiger partial charge in [-0.2, -0.15) is 5.10 Å². The van der Waals surface area contributed by atoms with E-state index in [1.54, 1.807) is 10.8 Å². The molecule has 0 aliphatic rings. The van der Waals surface area contributed by atoms with E-state index in [2.05, 4.69) is 19.9 Å². The number of rotatable bonds is 8. The van der Waals surface area contributed by atoms with Crippen LogP contribution in [0.15, 0.2) is 23.5 Å². The summed E-state index contributed by atoms with van der Waals surface area (Å²) in [6.45, 7) is 2.70. The second-order valence-electron chi connectivity index (χ2n) is 4.60. The Hall–Kier alpha value is -1.71. The molecule has 0 radical (unpaired) electrons. The van der Waals surface area contributed by atoms with E-state index in [1.807, 2.05) is 6.92 Å². The lowest BCUT2D eigenvalue weighted by molar-refractivity contribution is 0.270. The van der Waals surface area contributed by atoms with Gasteiger partial charge in [0.25, 0.3) is 0 Å². The average Bonchev–Trinajstić information content (AvgIpc) is 3.08. The number of aryl methyl sites for hydroxylation is 1. The molecule has 21 heavy (non-hydrogen) atoms. The molecule has 0 saturated carbocycles. The first kappa shape index (κ1) is 15.7. The number of H-pyrrole nitrogens is 1. The van der Waals surface area contributed by atoms with Crippen molar-refractivity contribution in [2.75, 3.05) is 6.54 Å². The highest BCUT2D eigenvalue weighted by atomic mass is 32.2. The van der Waals surface area contributed by atoms with Gasteiger partial charge in [0.15, 0.2) is 0 Å². The number of nitrogens with one attached hydrogen (secondary N) is 2. The smallest absolute Gasteiger partial charge is 0.242 e. The van der Waals surface area contributed by atoms with E-state index in [0.717, 1.165) is 6.42 Å². The number of aromatic amines is 1. The van der Waals surface area contributed by atoms with Crippen LogP contribution < -0.4 is 4.72 Å². The summed E-state index contributed by atoms with van der Waals surface area (Å²) in [7, 11) is -3.59. The summed E-state index contributed by atoms with van der Waals surface area (Å²) >= 11 is 0. The van der Waals surface area contributed by atoms with E-state index in [0.29, 0.717) is 24.5 Å². The van der Waals surface area contributed by atoms with Gasteiger partial charge in [-0.15, -0.1) is 0 Å². The zero-order valence-electron chi connectivity index (χ0n) is 11.8. The zero-order chi connectivity index (χ0) is 15.3. The van der Waals surface area contributed by atoms with Crippen molar-refractivity contribution in [2.45, 2.75) is 37.8 Å². The first-order valence-corrected chi connectivity index (χ1v) is 8.19. The molecule has 0 unspecified atom stereocenters. The minimum absolute atomic E-state index is 0.164. The molecule has 9 heteroatoms. The lowest BCUT2D eigenvalue weighted by Gasteiger charge is -2.04. The van der Waals surface area contributed by atoms with Crippen LogP contribution in [0.4, 0.5) is 0 Å². The van der Waals surface area contributed by atoms with Crippen molar-refractivity contribution in [3.63, 3.8) is 0 Å². The molecular formula is C12H19N5O3S. The van der Waals surface area contributed by atoms with Crippen molar-refractivity contribution < 1.29 is 13.5 Å². The van der Waals surface area contributed by atoms with Crippen LogP contribution in [0.2, 0.25) is 0 Å². The molecule has 2 rings (SSSR count). The lowest BCUT2D eigenvalue weighted by Crippen LogP contribution is -2.26. The van der Waals surface area contributed by atoms with Crippen LogP contribution >= 0.6 is 0 Å². The number of nitrogens with zero attached hydrogens (tertiary/aromatic N) is 3. The molecule has 0 fully saturated rings. The Balaban J connectivity index is 2.04. The maximum Gasteiger partial charge on any atom is 0.242 e. The predicted octanol–water partition coefficient (Wildman–Crippen LogP) is 0.0295. The van der Waals surface area contributed by atoms with Crippen LogP contribution in [-0.4, -0.2) is 39.8 Å². The molecule has 0 spiro atoms. The number of aromatic nitrogens is 4. The summed E-state index contributed by atoms with van der Waals surface area (Å²) in [4.78, 5) is 4.09. The molecule has 3 N–H and O–H groups in total. The third-order valence-electron chi connectivity index (χ3n) is 3.02. The van der Waals surface area contributed by atoms with Crippen LogP contribution in [0.1, 0.15) is 24.9 Å². The topological polar surface area (TPSA) is 113 Å². The maximum absolute atomic E-state index is 12.2. The summed E-state index contributed by atoms with van der Waals surface area (Å²) in [5.41, 5.74) is 0.590. The first-order chi connectivity index (χ1) is 10.1. The van der Waals surface area contributed by atoms with Gasteiger partial charge in [-0.05, 0) is 12.5 Å². The number of aliphatic hydroxyl groups is 1. The monoisotopic (exact) mass is 313 g/mol. The fourth-order valence-electron chi connectivity index (χ4n) is 1.99. The Morgan fingerprint density at radius 1 is 1.48 bits per heavy atom. The van der Waals surface area contributed by atoms with Crippen LogP contribution in [-0.2, 0) is 29.6 Å². The summed E-state index contributed by atoms with van der Waals surface area (Å²) < 4.78 is 28.7. The highest BCUT2D eigenvalue weighted by molar-refractivity contribution is 7.89. The molecule has 2 aromatic heterocycles. The molecule has 0 bridgehead atoms. The fraction of sp³-hybridized carbons (Fsp3) is 0.500. The van der Waals surface area contributed by atoms with Gasteiger partial charge in [-0.1, -0.05) is 6.92 Å². The molecule has 0 aliphatic heterocycles. The van der Waals surface area contributed by atoms with Crippen molar-refractivity contribution in [3.8, 4) is 0 Å². The predicted molar refractivity (Wildman–Crippen MR) is 75.9 cm³/mol. The fourth-order valence-corrected chi connectivity index (χ4v) is 3.09. The summed E-state index contributed by atoms with van der Waals surface area (Å²) in [6, 6.07) is 1.49. The van der Waals surface area contributed by atoms with Crippen molar-refractivity contribution in [1.29, 1.82) is 0 Å². The number of hydrogen-bond acceptors (Lipinski definition) is 5. The molecule has 2 heterocycles. The van der Waals surface area contributed by atoms with Crippen molar-refractivity contribution >= 4 is 10.0 Å². The molecule has 8 nitrogen and oxygen atoms in total. The molecule has 0 amide bonds. The van der Waals surface area contributed by atoms with Crippen molar-refractivity contribution in [1.82, 2.24) is 24.5 Å². The highest BCUT2D eigenvalue weighted by Crippen LogP contribution is 2.15. The zero-order valence-corrected chi connectivity index (χ0v) is 12.6. The third-order valence-corrected chi connectivity index (χ3v) is 4.44. The van der Waals surface area contributed by atoms with Gasteiger partial charge >= 0.3 is 0 Å². The first-order valence-electron chi connectivity index (χ1n) is 6.70. The Kier molecular flexibility index (Phi) is 5.10. The van der Waals surface area contributed by atoms with Crippen LogP contribution in [0.25, 0.3) is 0 Å². The molecule has 2 aromatic rings. The van der Waals surface area contributed by atoms with E-state index in [9.17, 15) is 13.5 Å². The number of sulfonamides is 1. The summed E-state index contributed by atoms with van der Waals surface area (Å²) in [5, 5.41) is 15.6. The quantitative estimate of drug-likeness (QED) is 0.636. The third kappa shape index (κ3) is 3.90. The molecule has 0 atom stereocenters. The minimum Gasteiger partial charge on any atom is -0.390 e. The van der Waals surface area contributed by atoms with Crippen LogP contribution in [0, 0.1) is 0 Å². The van der Waals surface area contributed by atoms with E-state index >= 15 is 0 Å². The van der Waals surface area contributed by atoms with E-state index in [1.165, 1.54) is 12.4 Å². The molecule has 0 aliphatic carbocycles. The largest absolute Gasteiger partial charge is 0.390 e. The summed E-state index contributed by atoms with van der Waals surface area (Å²) in [5.74, 6) is 0.623. The van der Waals surface area contributed by atoms with E-state index in [4.69, 9.17) is 0 Å². The van der Waals surface area contributed by atoms with E-state index in [-0.39, 0.29) is 18.0 Å². The minimum atomic E-state index is -3.59. The molecule has 116 valence electrons. The SMILES string of the molecule is CCCn1cc(S(=O)(=O)NCCc2ncn[nH]2)cc1CO. The normalized spacial score (nSPS) is 11.9. The Morgan fingerprint density at radius 3 is 2.90 bits per heavy atom. The van der Waals surface area contributed by atoms with Gasteiger partial charge < -0.3 is 9.67 Å². The average molecular weight is 313 g/mol. The molecule has 0 aromatic carbocycles. The van der Waals surface area contributed by atoms with Gasteiger partial charge in [0, 0.05) is 31.4 Å². The highest BCUT2D eigenvalue weighted by Gasteiger charge is 2.17. The van der Waals surface area contributed by atoms with Crippen LogP contribution in [0.5, 0.6) is 0 Å². The molecular weight excluding hydrogens is 294 g/mol. The van der Waals surface area contributed by atoms with Gasteiger partial charge in [-0.3, -0.25) is 5.10 Å². The summed E-state index contributed by atoms with van der Waals surface area (Å²) in [6.07, 6.45) is 4.22. The number of aliphatic hydroxyl groups excluding tert-OH is 1. The number of hydrogen-bond donors (Lipinski definition) is 3. The Bertz CT molecular complexity index is 663. The van der Waals surface area contributed by atoms with Gasteiger partial charge in [0.1, 0.15) is 12.2 Å². The molecule has 0 saturated heterocycles. The standard InChI is InChI=1S/C12H19N5O3S/c1-2-5-17-7-11(6-10(17)8-18)21(19,20)15-4-3-12-13-9-14-16-12/h6-7,9,15,18H,2-5,8H2,1H3,(H,13,14,16). The van der Waals surface area contributed by atoms with Gasteiger partial charge in [0.05, 0.1) is 11.5 Å². The van der Waals surface area contributed by atoms with Gasteiger partial charge in [-0.25, -0.2) is 18.1 Å². The maximum atomic E-state index is 12.2. The Morgan fingerprint density at radius 2 is 2.29 bits per heavy atom. The van der Waals surface area contributed by atoms with Crippen molar-refractivity contribution in [2.24, 2.45) is 0 Å². The van der Waals surface area contributed by atoms with E-state index < -0.39 is 10.0 Å². The second-order valence-corrected chi connectivity index (χ2v) is 6.37. The van der Waals surface area contributed by atoms with Gasteiger partial charge in [0.2, 0.25) is 10.0 Å². The Labute approximate surface area is 123 Å². The lowest BCUT2D eigenvalue weighted by atomic mass is 10.4.